The van der Waals surface area contributed by atoms with E-state index in [1.54, 1.807) is 90.3 Å². The summed E-state index contributed by atoms with van der Waals surface area (Å²) in [4.78, 5) is 45.0. The van der Waals surface area contributed by atoms with Gasteiger partial charge in [0.15, 0.2) is 23.4 Å². The molecule has 9 rings (SSSR count). The van der Waals surface area contributed by atoms with Gasteiger partial charge in [-0.05, 0) is 106 Å². The van der Waals surface area contributed by atoms with Crippen molar-refractivity contribution in [2.75, 3.05) is 40.2 Å². The van der Waals surface area contributed by atoms with E-state index >= 15 is 9.36 Å². The molecule has 75 heavy (non-hydrogen) atoms. The predicted octanol–water partition coefficient (Wildman–Crippen LogP) is 9.92. The van der Waals surface area contributed by atoms with Crippen molar-refractivity contribution >= 4 is 36.4 Å². The number of nitrogen functional groups attached to an aromatic ring is 1. The van der Waals surface area contributed by atoms with Crippen molar-refractivity contribution in [3.8, 4) is 17.2 Å². The highest BCUT2D eigenvalue weighted by Crippen LogP contribution is 2.58. The largest absolute Gasteiger partial charge is 0.497 e. The molecule has 5 aromatic carbocycles. The van der Waals surface area contributed by atoms with E-state index in [1.807, 2.05) is 113 Å². The lowest BCUT2D eigenvalue weighted by Crippen LogP contribution is -2.49. The van der Waals surface area contributed by atoms with Crippen molar-refractivity contribution in [1.82, 2.24) is 29.1 Å². The normalized spacial score (nSPS) is 19.1. The van der Waals surface area contributed by atoms with Crippen LogP contribution in [0.25, 0.3) is 11.2 Å². The molecule has 0 spiro atoms. The molecular weight excluding hydrogens is 974 g/mol. The van der Waals surface area contributed by atoms with Crippen LogP contribution in [0.5, 0.6) is 17.2 Å². The molecule has 18 heteroatoms. The summed E-state index contributed by atoms with van der Waals surface area (Å²) in [6.45, 7) is 8.07. The summed E-state index contributed by atoms with van der Waals surface area (Å²) in [5, 5.41) is 0. The number of nitrogens with two attached hydrogens (primary N) is 1. The van der Waals surface area contributed by atoms with E-state index < -0.39 is 49.7 Å². The zero-order valence-corrected chi connectivity index (χ0v) is 44.1. The third-order valence-corrected chi connectivity index (χ3v) is 16.4. The van der Waals surface area contributed by atoms with E-state index in [4.69, 9.17) is 38.5 Å². The number of ether oxygens (including phenoxy) is 5. The highest BCUT2D eigenvalue weighted by Gasteiger charge is 2.54. The molecule has 2 saturated heterocycles. The van der Waals surface area contributed by atoms with Crippen LogP contribution in [0.15, 0.2) is 146 Å². The van der Waals surface area contributed by atoms with Crippen LogP contribution in [0.3, 0.4) is 0 Å². The predicted molar refractivity (Wildman–Crippen MR) is 284 cm³/mol. The number of ketones is 1. The molecule has 2 fully saturated rings. The summed E-state index contributed by atoms with van der Waals surface area (Å²) in [7, 11) is 0.337. The van der Waals surface area contributed by atoms with Crippen LogP contribution < -0.4 is 19.9 Å². The number of methoxy groups -OCH3 is 3. The van der Waals surface area contributed by atoms with Gasteiger partial charge < -0.3 is 34.3 Å². The second-order valence-electron chi connectivity index (χ2n) is 19.1. The molecule has 2 unspecified atom stereocenters. The van der Waals surface area contributed by atoms with E-state index in [9.17, 15) is 4.79 Å². The number of hydrogen-bond acceptors (Lipinski definition) is 14. The van der Waals surface area contributed by atoms with E-state index in [2.05, 4.69) is 15.0 Å². The Morgan fingerprint density at radius 2 is 1.31 bits per heavy atom. The number of aromatic nitrogens is 4. The zero-order valence-electron chi connectivity index (χ0n) is 43.2. The topological polar surface area (TPSA) is 192 Å². The van der Waals surface area contributed by atoms with Crippen LogP contribution in [0.2, 0.25) is 0 Å². The SMILES string of the molecule is COc1ccc(C(=O)N2CCC[C@H]2COP(=O)(O[C@H]2C[C@H](n3cnc4c(N)ncnc43)O[C@@H]2C(OC(c2ccccc2)(c2ccc(OC)cc2)c2ccc(OC)cc2)C(=O)c2ccccc2)N(C(C)C)C(C)C)cc1. The van der Waals surface area contributed by atoms with Crippen molar-refractivity contribution in [2.24, 2.45) is 0 Å². The third kappa shape index (κ3) is 10.8. The maximum atomic E-state index is 16.4. The van der Waals surface area contributed by atoms with Crippen LogP contribution in [0.4, 0.5) is 5.82 Å². The molecule has 2 aliphatic heterocycles. The van der Waals surface area contributed by atoms with E-state index in [0.29, 0.717) is 69.2 Å². The first kappa shape index (κ1) is 52.9. The fraction of sp³-hybridized carbons (Fsp3) is 0.351. The minimum Gasteiger partial charge on any atom is -0.497 e. The number of likely N-dealkylation sites (tertiary alicyclic amines) is 1. The number of nitrogens with zero attached hydrogens (tertiary/aromatic N) is 6. The lowest BCUT2D eigenvalue weighted by atomic mass is 9.79. The number of fused-ring (bicyclic) bond motifs is 1. The lowest BCUT2D eigenvalue weighted by molar-refractivity contribution is -0.125. The first-order valence-electron chi connectivity index (χ1n) is 25.2. The number of Topliss-reactive ketones (excluding diaryl/α,β-unsaturated/α-hetero) is 1. The Morgan fingerprint density at radius 3 is 1.88 bits per heavy atom. The Kier molecular flexibility index (Phi) is 16.1. The van der Waals surface area contributed by atoms with Gasteiger partial charge in [0.2, 0.25) is 0 Å². The molecule has 0 aliphatic carbocycles. The molecule has 4 heterocycles. The molecule has 6 atom stereocenters. The molecule has 0 bridgehead atoms. The summed E-state index contributed by atoms with van der Waals surface area (Å²) in [6.07, 6.45) is -0.628. The van der Waals surface area contributed by atoms with Crippen molar-refractivity contribution < 1.29 is 46.9 Å². The molecular formula is C57H64N7O10P. The molecule has 7 aromatic rings. The van der Waals surface area contributed by atoms with Crippen molar-refractivity contribution in [1.29, 1.82) is 0 Å². The summed E-state index contributed by atoms with van der Waals surface area (Å²) < 4.78 is 65.2. The Labute approximate surface area is 437 Å². The van der Waals surface area contributed by atoms with Gasteiger partial charge in [-0.1, -0.05) is 84.9 Å². The second kappa shape index (κ2) is 22.9. The van der Waals surface area contributed by atoms with E-state index in [1.165, 1.54) is 6.33 Å². The maximum Gasteiger partial charge on any atom is 0.409 e. The molecule has 2 aliphatic rings. The summed E-state index contributed by atoms with van der Waals surface area (Å²) in [5.74, 6) is 1.42. The highest BCUT2D eigenvalue weighted by molar-refractivity contribution is 7.51. The van der Waals surface area contributed by atoms with Gasteiger partial charge in [0, 0.05) is 36.2 Å². The standard InChI is InChI=1S/C57H64N7O10P/c1-37(2)64(38(3)4)75(67,71-34-44-19-14-32-62(44)56(66)40-20-26-45(68-5)27-21-40)74-48-33-49(63-36-61-50-54(58)59-35-60-55(50)63)72-52(48)53(51(65)39-15-10-8-11-16-39)73-57(41-17-12-9-13-18-41,42-22-28-46(69-6)29-23-42)43-24-30-47(70-7)31-25-43/h8-13,15-18,20-31,35-38,44,48-49,52-53H,14,19,32-34H2,1-7H3,(H2,58,59,60)/t44-,48-,49+,52-,53?,75?/m0/s1. The Balaban J connectivity index is 1.19. The van der Waals surface area contributed by atoms with Crippen molar-refractivity contribution in [3.63, 3.8) is 0 Å². The van der Waals surface area contributed by atoms with Crippen molar-refractivity contribution in [2.45, 2.75) is 95.2 Å². The number of carbonyl (C=O) groups is 2. The fourth-order valence-corrected chi connectivity index (χ4v) is 12.7. The number of amides is 1. The quantitative estimate of drug-likeness (QED) is 0.0406. The number of benzene rings is 5. The van der Waals surface area contributed by atoms with Crippen LogP contribution in [0, 0.1) is 0 Å². The van der Waals surface area contributed by atoms with Gasteiger partial charge in [-0.15, -0.1) is 0 Å². The van der Waals surface area contributed by atoms with Gasteiger partial charge in [0.1, 0.15) is 53.1 Å². The second-order valence-corrected chi connectivity index (χ2v) is 21.0. The van der Waals surface area contributed by atoms with E-state index in [0.717, 1.165) is 6.42 Å². The minimum atomic E-state index is -4.43. The zero-order chi connectivity index (χ0) is 52.9. The molecule has 0 saturated carbocycles. The molecule has 2 N–H and O–H groups in total. The van der Waals surface area contributed by atoms with Gasteiger partial charge in [-0.25, -0.2) is 24.2 Å². The smallest absolute Gasteiger partial charge is 0.409 e. The summed E-state index contributed by atoms with van der Waals surface area (Å²) >= 11 is 0. The van der Waals surface area contributed by atoms with E-state index in [-0.39, 0.29) is 36.8 Å². The molecule has 0 radical (unpaired) electrons. The van der Waals surface area contributed by atoms with Gasteiger partial charge in [0.25, 0.3) is 5.91 Å². The number of rotatable bonds is 21. The molecule has 392 valence electrons. The van der Waals surface area contributed by atoms with Crippen LogP contribution in [-0.4, -0.2) is 112 Å². The average Bonchev–Trinajstić information content (AvgIpc) is 4.21. The fourth-order valence-electron chi connectivity index (χ4n) is 10.4. The van der Waals surface area contributed by atoms with Gasteiger partial charge in [0.05, 0.1) is 40.3 Å². The van der Waals surface area contributed by atoms with Gasteiger partial charge in [-0.3, -0.25) is 23.2 Å². The first-order valence-corrected chi connectivity index (χ1v) is 26.6. The average molecular weight is 1040 g/mol. The number of imidazole rings is 1. The Bertz CT molecular complexity index is 3030. The molecule has 1 amide bonds. The molecule has 2 aromatic heterocycles. The lowest BCUT2D eigenvalue weighted by Gasteiger charge is -2.42. The monoisotopic (exact) mass is 1040 g/mol. The number of hydrogen-bond donors (Lipinski definition) is 1. The Hall–Kier alpha value is -6.98. The summed E-state index contributed by atoms with van der Waals surface area (Å²) in [5.41, 5.74) is 8.36. The maximum absolute atomic E-state index is 16.4. The molecule has 17 nitrogen and oxygen atoms in total. The number of carbonyl (C=O) groups excluding carboxylic acids is 2. The number of anilines is 1. The third-order valence-electron chi connectivity index (χ3n) is 13.9. The minimum absolute atomic E-state index is 0.0221. The van der Waals surface area contributed by atoms with Gasteiger partial charge >= 0.3 is 7.75 Å². The van der Waals surface area contributed by atoms with Gasteiger partial charge in [-0.2, -0.15) is 0 Å². The summed E-state index contributed by atoms with van der Waals surface area (Å²) in [6, 6.07) is 39.3. The van der Waals surface area contributed by atoms with Crippen LogP contribution in [0.1, 0.15) is 90.6 Å². The highest BCUT2D eigenvalue weighted by atomic mass is 31.2. The first-order chi connectivity index (χ1) is 36.3. The Morgan fingerprint density at radius 1 is 0.747 bits per heavy atom. The van der Waals surface area contributed by atoms with Crippen LogP contribution in [-0.2, 0) is 28.7 Å². The van der Waals surface area contributed by atoms with Crippen molar-refractivity contribution in [3.05, 3.63) is 174 Å². The van der Waals surface area contributed by atoms with Crippen LogP contribution >= 0.6 is 7.75 Å².